The number of amides is 2. The maximum atomic E-state index is 13.6. The number of nitrogens with zero attached hydrogens (tertiary/aromatic N) is 2. The summed E-state index contributed by atoms with van der Waals surface area (Å²) in [4.78, 5) is 39.5. The lowest BCUT2D eigenvalue weighted by Crippen LogP contribution is -2.52. The van der Waals surface area contributed by atoms with E-state index in [1.807, 2.05) is 74.5 Å². The summed E-state index contributed by atoms with van der Waals surface area (Å²) in [6.07, 6.45) is 0.152. The van der Waals surface area contributed by atoms with Gasteiger partial charge in [-0.2, -0.15) is 0 Å². The normalized spacial score (nSPS) is 11.6. The van der Waals surface area contributed by atoms with Crippen LogP contribution in [0.4, 0.5) is 5.69 Å². The van der Waals surface area contributed by atoms with Crippen LogP contribution in [0.2, 0.25) is 0 Å². The average Bonchev–Trinajstić information content (AvgIpc) is 2.82. The standard InChI is InChI=1S/C27H29N3O4/c1-20(2)28-27(32)25(17-21-11-5-3-6-12-21)29(19-22-13-7-4-8-14-22)26(31)18-23-15-9-10-16-24(23)30(33)34/h3-16,20,25H,17-19H2,1-2H3,(H,28,32). The van der Waals surface area contributed by atoms with Crippen LogP contribution in [0, 0.1) is 10.1 Å². The Balaban J connectivity index is 1.99. The summed E-state index contributed by atoms with van der Waals surface area (Å²) >= 11 is 0. The summed E-state index contributed by atoms with van der Waals surface area (Å²) in [5, 5.41) is 14.4. The van der Waals surface area contributed by atoms with Crippen molar-refractivity contribution in [2.75, 3.05) is 0 Å². The molecule has 3 rings (SSSR count). The van der Waals surface area contributed by atoms with E-state index < -0.39 is 11.0 Å². The van der Waals surface area contributed by atoms with Crippen LogP contribution >= 0.6 is 0 Å². The van der Waals surface area contributed by atoms with E-state index in [-0.39, 0.29) is 36.5 Å². The Kier molecular flexibility index (Phi) is 8.51. The number of rotatable bonds is 10. The Morgan fingerprint density at radius 2 is 1.44 bits per heavy atom. The number of hydrogen-bond donors (Lipinski definition) is 1. The lowest BCUT2D eigenvalue weighted by atomic mass is 10.0. The van der Waals surface area contributed by atoms with Crippen molar-refractivity contribution in [1.82, 2.24) is 10.2 Å². The molecule has 0 aliphatic carbocycles. The largest absolute Gasteiger partial charge is 0.352 e. The molecule has 7 nitrogen and oxygen atoms in total. The van der Waals surface area contributed by atoms with Crippen molar-refractivity contribution in [3.63, 3.8) is 0 Å². The zero-order valence-electron chi connectivity index (χ0n) is 19.4. The molecule has 0 saturated carbocycles. The molecule has 0 aliphatic heterocycles. The summed E-state index contributed by atoms with van der Waals surface area (Å²) in [5.41, 5.74) is 2.00. The van der Waals surface area contributed by atoms with Crippen LogP contribution in [0.1, 0.15) is 30.5 Å². The van der Waals surface area contributed by atoms with E-state index in [1.54, 1.807) is 18.2 Å². The quantitative estimate of drug-likeness (QED) is 0.361. The zero-order chi connectivity index (χ0) is 24.5. The highest BCUT2D eigenvalue weighted by atomic mass is 16.6. The van der Waals surface area contributed by atoms with Gasteiger partial charge in [-0.1, -0.05) is 78.9 Å². The maximum Gasteiger partial charge on any atom is 0.273 e. The fourth-order valence-corrected chi connectivity index (χ4v) is 3.82. The molecule has 2 amide bonds. The summed E-state index contributed by atoms with van der Waals surface area (Å²) in [6, 6.07) is 24.3. The number of para-hydroxylation sites is 1. The smallest absolute Gasteiger partial charge is 0.273 e. The molecule has 0 fully saturated rings. The monoisotopic (exact) mass is 459 g/mol. The van der Waals surface area contributed by atoms with Gasteiger partial charge in [-0.15, -0.1) is 0 Å². The summed E-state index contributed by atoms with van der Waals surface area (Å²) in [5.74, 6) is -0.608. The molecular formula is C27H29N3O4. The predicted octanol–water partition coefficient (Wildman–Crippen LogP) is 4.30. The van der Waals surface area contributed by atoms with Crippen LogP contribution in [-0.4, -0.2) is 33.7 Å². The molecular weight excluding hydrogens is 430 g/mol. The molecule has 1 atom stereocenters. The first-order valence-electron chi connectivity index (χ1n) is 11.2. The van der Waals surface area contributed by atoms with E-state index in [9.17, 15) is 19.7 Å². The highest BCUT2D eigenvalue weighted by Gasteiger charge is 2.31. The lowest BCUT2D eigenvalue weighted by Gasteiger charge is -2.32. The van der Waals surface area contributed by atoms with Crippen molar-refractivity contribution in [1.29, 1.82) is 0 Å². The molecule has 0 aliphatic rings. The second-order valence-corrected chi connectivity index (χ2v) is 8.44. The molecule has 1 N–H and O–H groups in total. The van der Waals surface area contributed by atoms with Gasteiger partial charge in [0.15, 0.2) is 0 Å². The van der Waals surface area contributed by atoms with Gasteiger partial charge in [-0.05, 0) is 25.0 Å². The number of carbonyl (C=O) groups is 2. The topological polar surface area (TPSA) is 92.6 Å². The second kappa shape index (κ2) is 11.7. The number of carbonyl (C=O) groups excluding carboxylic acids is 2. The van der Waals surface area contributed by atoms with Crippen molar-refractivity contribution in [3.8, 4) is 0 Å². The van der Waals surface area contributed by atoms with E-state index >= 15 is 0 Å². The molecule has 0 radical (unpaired) electrons. The van der Waals surface area contributed by atoms with E-state index in [1.165, 1.54) is 11.0 Å². The van der Waals surface area contributed by atoms with Gasteiger partial charge in [0.05, 0.1) is 11.3 Å². The maximum absolute atomic E-state index is 13.6. The SMILES string of the molecule is CC(C)NC(=O)C(Cc1ccccc1)N(Cc1ccccc1)C(=O)Cc1ccccc1[N+](=O)[O-]. The van der Waals surface area contributed by atoms with Crippen LogP contribution in [-0.2, 0) is 29.0 Å². The first-order valence-corrected chi connectivity index (χ1v) is 11.2. The van der Waals surface area contributed by atoms with Crippen LogP contribution in [0.5, 0.6) is 0 Å². The van der Waals surface area contributed by atoms with Crippen molar-refractivity contribution >= 4 is 17.5 Å². The number of nitro benzene ring substituents is 1. The predicted molar refractivity (Wildman–Crippen MR) is 131 cm³/mol. The van der Waals surface area contributed by atoms with Gasteiger partial charge in [0, 0.05) is 30.6 Å². The third-order valence-electron chi connectivity index (χ3n) is 5.43. The molecule has 0 saturated heterocycles. The fourth-order valence-electron chi connectivity index (χ4n) is 3.82. The third-order valence-corrected chi connectivity index (χ3v) is 5.43. The van der Waals surface area contributed by atoms with Crippen LogP contribution in [0.15, 0.2) is 84.9 Å². The highest BCUT2D eigenvalue weighted by Crippen LogP contribution is 2.21. The minimum absolute atomic E-state index is 0.102. The minimum atomic E-state index is -0.778. The van der Waals surface area contributed by atoms with Gasteiger partial charge in [-0.25, -0.2) is 0 Å². The molecule has 3 aromatic carbocycles. The van der Waals surface area contributed by atoms with Crippen molar-refractivity contribution < 1.29 is 14.5 Å². The molecule has 0 bridgehead atoms. The van der Waals surface area contributed by atoms with Gasteiger partial charge in [-0.3, -0.25) is 19.7 Å². The third kappa shape index (κ3) is 6.75. The lowest BCUT2D eigenvalue weighted by molar-refractivity contribution is -0.385. The molecule has 176 valence electrons. The first kappa shape index (κ1) is 24.6. The van der Waals surface area contributed by atoms with Gasteiger partial charge in [0.1, 0.15) is 6.04 Å². The zero-order valence-corrected chi connectivity index (χ0v) is 19.4. The van der Waals surface area contributed by atoms with Crippen LogP contribution in [0.3, 0.4) is 0 Å². The van der Waals surface area contributed by atoms with E-state index in [0.717, 1.165) is 11.1 Å². The van der Waals surface area contributed by atoms with Crippen molar-refractivity contribution in [2.24, 2.45) is 0 Å². The van der Waals surface area contributed by atoms with Crippen molar-refractivity contribution in [2.45, 2.75) is 45.3 Å². The number of nitro groups is 1. The Hall–Kier alpha value is -4.00. The van der Waals surface area contributed by atoms with Gasteiger partial charge < -0.3 is 10.2 Å². The minimum Gasteiger partial charge on any atom is -0.352 e. The molecule has 3 aromatic rings. The van der Waals surface area contributed by atoms with E-state index in [4.69, 9.17) is 0 Å². The molecule has 0 aromatic heterocycles. The summed E-state index contributed by atoms with van der Waals surface area (Å²) < 4.78 is 0. The Morgan fingerprint density at radius 1 is 0.882 bits per heavy atom. The molecule has 0 heterocycles. The van der Waals surface area contributed by atoms with E-state index in [0.29, 0.717) is 12.0 Å². The van der Waals surface area contributed by atoms with Crippen LogP contribution in [0.25, 0.3) is 0 Å². The van der Waals surface area contributed by atoms with Crippen LogP contribution < -0.4 is 5.32 Å². The summed E-state index contributed by atoms with van der Waals surface area (Å²) in [7, 11) is 0. The first-order chi connectivity index (χ1) is 16.3. The molecule has 0 spiro atoms. The number of hydrogen-bond acceptors (Lipinski definition) is 4. The fraction of sp³-hybridized carbons (Fsp3) is 0.259. The Bertz CT molecular complexity index is 1120. The molecule has 7 heteroatoms. The summed E-state index contributed by atoms with van der Waals surface area (Å²) in [6.45, 7) is 3.95. The number of nitrogens with one attached hydrogen (secondary N) is 1. The average molecular weight is 460 g/mol. The van der Waals surface area contributed by atoms with E-state index in [2.05, 4.69) is 5.32 Å². The number of benzene rings is 3. The van der Waals surface area contributed by atoms with Gasteiger partial charge in [0.2, 0.25) is 11.8 Å². The Labute approximate surface area is 199 Å². The van der Waals surface area contributed by atoms with Gasteiger partial charge >= 0.3 is 0 Å². The van der Waals surface area contributed by atoms with Gasteiger partial charge in [0.25, 0.3) is 5.69 Å². The molecule has 34 heavy (non-hydrogen) atoms. The molecule has 1 unspecified atom stereocenters. The Morgan fingerprint density at radius 3 is 2.03 bits per heavy atom. The van der Waals surface area contributed by atoms with Crippen molar-refractivity contribution in [3.05, 3.63) is 112 Å². The second-order valence-electron chi connectivity index (χ2n) is 8.44. The highest BCUT2D eigenvalue weighted by molar-refractivity contribution is 5.89.